The molecule has 4 nitrogen and oxygen atoms in total. The molecule has 0 radical (unpaired) electrons. The van der Waals surface area contributed by atoms with Crippen molar-refractivity contribution < 1.29 is 4.79 Å². The molecule has 2 aromatic rings. The number of aromatic nitrogens is 2. The fourth-order valence-corrected chi connectivity index (χ4v) is 1.82. The zero-order valence-electron chi connectivity index (χ0n) is 9.35. The van der Waals surface area contributed by atoms with Crippen LogP contribution in [0.1, 0.15) is 16.2 Å². The van der Waals surface area contributed by atoms with Crippen LogP contribution in [0.4, 0.5) is 0 Å². The quantitative estimate of drug-likeness (QED) is 0.881. The fourth-order valence-electron chi connectivity index (χ4n) is 1.48. The molecule has 2 rings (SSSR count). The number of nitrogens with zero attached hydrogens (tertiary/aromatic N) is 2. The number of pyridine rings is 1. The molecule has 0 saturated carbocycles. The molecule has 17 heavy (non-hydrogen) atoms. The number of carbonyl (C=O) groups excluding carboxylic acids is 1. The summed E-state index contributed by atoms with van der Waals surface area (Å²) in [6.07, 6.45) is 1.94. The van der Waals surface area contributed by atoms with Crippen LogP contribution in [0.2, 0.25) is 0 Å². The number of carbonyl (C=O) groups is 1. The minimum absolute atomic E-state index is 0.174. The van der Waals surface area contributed by atoms with Crippen LogP contribution in [0.3, 0.4) is 0 Å². The lowest BCUT2D eigenvalue weighted by Gasteiger charge is -2.06. The van der Waals surface area contributed by atoms with Gasteiger partial charge in [-0.15, -0.1) is 0 Å². The lowest BCUT2D eigenvalue weighted by molar-refractivity contribution is 0.0945. The SMILES string of the molecule is Cn1cccc1CNC(=O)c1cccc(Br)n1. The Kier molecular flexibility index (Phi) is 3.58. The Labute approximate surface area is 108 Å². The lowest BCUT2D eigenvalue weighted by Crippen LogP contribution is -2.24. The lowest BCUT2D eigenvalue weighted by atomic mass is 10.3. The Hall–Kier alpha value is -1.62. The maximum atomic E-state index is 11.8. The monoisotopic (exact) mass is 293 g/mol. The van der Waals surface area contributed by atoms with E-state index in [1.807, 2.05) is 29.9 Å². The molecular formula is C12H12BrN3O. The number of rotatable bonds is 3. The van der Waals surface area contributed by atoms with Gasteiger partial charge in [-0.2, -0.15) is 0 Å². The molecule has 0 aliphatic carbocycles. The number of hydrogen-bond acceptors (Lipinski definition) is 2. The summed E-state index contributed by atoms with van der Waals surface area (Å²) >= 11 is 3.24. The standard InChI is InChI=1S/C12H12BrN3O/c1-16-7-3-4-9(16)8-14-12(17)10-5-2-6-11(13)15-10/h2-7H,8H2,1H3,(H,14,17). The van der Waals surface area contributed by atoms with Crippen LogP contribution in [0.5, 0.6) is 0 Å². The van der Waals surface area contributed by atoms with Crippen LogP contribution in [0.25, 0.3) is 0 Å². The topological polar surface area (TPSA) is 46.9 Å². The molecule has 2 heterocycles. The van der Waals surface area contributed by atoms with Gasteiger partial charge in [0.05, 0.1) is 6.54 Å². The first kappa shape index (κ1) is 11.9. The molecule has 88 valence electrons. The Morgan fingerprint density at radius 2 is 2.24 bits per heavy atom. The van der Waals surface area contributed by atoms with Crippen molar-refractivity contribution in [3.05, 3.63) is 52.5 Å². The highest BCUT2D eigenvalue weighted by Gasteiger charge is 2.07. The smallest absolute Gasteiger partial charge is 0.270 e. The highest BCUT2D eigenvalue weighted by molar-refractivity contribution is 9.10. The molecule has 0 aliphatic heterocycles. The summed E-state index contributed by atoms with van der Waals surface area (Å²) < 4.78 is 2.62. The van der Waals surface area contributed by atoms with Gasteiger partial charge in [-0.25, -0.2) is 4.98 Å². The van der Waals surface area contributed by atoms with Crippen molar-refractivity contribution in [3.63, 3.8) is 0 Å². The summed E-state index contributed by atoms with van der Waals surface area (Å²) in [5.74, 6) is -0.174. The highest BCUT2D eigenvalue weighted by Crippen LogP contribution is 2.06. The zero-order valence-corrected chi connectivity index (χ0v) is 10.9. The Morgan fingerprint density at radius 3 is 2.88 bits per heavy atom. The maximum absolute atomic E-state index is 11.8. The van der Waals surface area contributed by atoms with E-state index in [2.05, 4.69) is 26.2 Å². The van der Waals surface area contributed by atoms with E-state index in [0.29, 0.717) is 16.8 Å². The molecule has 0 spiro atoms. The summed E-state index contributed by atoms with van der Waals surface area (Å²) in [7, 11) is 1.94. The second kappa shape index (κ2) is 5.14. The van der Waals surface area contributed by atoms with Gasteiger partial charge in [0.2, 0.25) is 0 Å². The predicted molar refractivity (Wildman–Crippen MR) is 68.5 cm³/mol. The molecule has 0 saturated heterocycles. The molecule has 0 fully saturated rings. The van der Waals surface area contributed by atoms with E-state index < -0.39 is 0 Å². The van der Waals surface area contributed by atoms with Crippen molar-refractivity contribution in [3.8, 4) is 0 Å². The van der Waals surface area contributed by atoms with Crippen molar-refractivity contribution in [1.82, 2.24) is 14.9 Å². The zero-order chi connectivity index (χ0) is 12.3. The molecule has 0 aromatic carbocycles. The van der Waals surface area contributed by atoms with Crippen molar-refractivity contribution in [1.29, 1.82) is 0 Å². The summed E-state index contributed by atoms with van der Waals surface area (Å²) in [4.78, 5) is 15.9. The Morgan fingerprint density at radius 1 is 1.41 bits per heavy atom. The molecule has 1 N–H and O–H groups in total. The first-order valence-corrected chi connectivity index (χ1v) is 5.97. The number of hydrogen-bond donors (Lipinski definition) is 1. The highest BCUT2D eigenvalue weighted by atomic mass is 79.9. The van der Waals surface area contributed by atoms with Crippen LogP contribution >= 0.6 is 15.9 Å². The minimum Gasteiger partial charge on any atom is -0.353 e. The van der Waals surface area contributed by atoms with E-state index in [1.165, 1.54) is 0 Å². The molecule has 2 aromatic heterocycles. The molecule has 0 atom stereocenters. The summed E-state index contributed by atoms with van der Waals surface area (Å²) in [6.45, 7) is 0.497. The fraction of sp³-hybridized carbons (Fsp3) is 0.167. The number of amides is 1. The van der Waals surface area contributed by atoms with Gasteiger partial charge in [-0.3, -0.25) is 4.79 Å². The Balaban J connectivity index is 2.01. The molecular weight excluding hydrogens is 282 g/mol. The van der Waals surface area contributed by atoms with Crippen LogP contribution in [0.15, 0.2) is 41.1 Å². The summed E-state index contributed by atoms with van der Waals surface area (Å²) in [5, 5.41) is 2.83. The van der Waals surface area contributed by atoms with E-state index in [9.17, 15) is 4.79 Å². The Bertz CT molecular complexity index is 536. The first-order chi connectivity index (χ1) is 8.16. The first-order valence-electron chi connectivity index (χ1n) is 5.18. The van der Waals surface area contributed by atoms with Gasteiger partial charge in [0, 0.05) is 18.9 Å². The van der Waals surface area contributed by atoms with Crippen LogP contribution in [-0.2, 0) is 13.6 Å². The maximum Gasteiger partial charge on any atom is 0.270 e. The van der Waals surface area contributed by atoms with E-state index in [-0.39, 0.29) is 5.91 Å². The second-order valence-corrected chi connectivity index (χ2v) is 4.45. The molecule has 0 unspecified atom stereocenters. The van der Waals surface area contributed by atoms with Crippen LogP contribution in [0, 0.1) is 0 Å². The third-order valence-electron chi connectivity index (χ3n) is 2.43. The van der Waals surface area contributed by atoms with Crippen LogP contribution < -0.4 is 5.32 Å². The van der Waals surface area contributed by atoms with Crippen molar-refractivity contribution in [2.24, 2.45) is 7.05 Å². The average Bonchev–Trinajstić information content (AvgIpc) is 2.72. The molecule has 5 heteroatoms. The van der Waals surface area contributed by atoms with Crippen molar-refractivity contribution >= 4 is 21.8 Å². The number of nitrogens with one attached hydrogen (secondary N) is 1. The number of halogens is 1. The van der Waals surface area contributed by atoms with E-state index in [0.717, 1.165) is 5.69 Å². The van der Waals surface area contributed by atoms with Gasteiger partial charge in [-0.05, 0) is 40.2 Å². The van der Waals surface area contributed by atoms with Crippen LogP contribution in [-0.4, -0.2) is 15.5 Å². The minimum atomic E-state index is -0.174. The van der Waals surface area contributed by atoms with Gasteiger partial charge in [0.15, 0.2) is 0 Å². The van der Waals surface area contributed by atoms with Crippen molar-refractivity contribution in [2.75, 3.05) is 0 Å². The van der Waals surface area contributed by atoms with Gasteiger partial charge >= 0.3 is 0 Å². The van der Waals surface area contributed by atoms with E-state index in [1.54, 1.807) is 18.2 Å². The molecule has 1 amide bonds. The van der Waals surface area contributed by atoms with E-state index >= 15 is 0 Å². The third kappa shape index (κ3) is 2.94. The van der Waals surface area contributed by atoms with Crippen molar-refractivity contribution in [2.45, 2.75) is 6.54 Å². The summed E-state index contributed by atoms with van der Waals surface area (Å²) in [5.41, 5.74) is 1.46. The third-order valence-corrected chi connectivity index (χ3v) is 2.87. The largest absolute Gasteiger partial charge is 0.353 e. The van der Waals surface area contributed by atoms with Gasteiger partial charge in [0.25, 0.3) is 5.91 Å². The second-order valence-electron chi connectivity index (χ2n) is 3.64. The normalized spacial score (nSPS) is 10.2. The van der Waals surface area contributed by atoms with E-state index in [4.69, 9.17) is 0 Å². The van der Waals surface area contributed by atoms with Gasteiger partial charge < -0.3 is 9.88 Å². The molecule has 0 aliphatic rings. The van der Waals surface area contributed by atoms with Gasteiger partial charge in [0.1, 0.15) is 10.3 Å². The average molecular weight is 294 g/mol. The molecule has 0 bridgehead atoms. The predicted octanol–water partition coefficient (Wildman–Crippen LogP) is 2.11. The summed E-state index contributed by atoms with van der Waals surface area (Å²) in [6, 6.07) is 9.17. The van der Waals surface area contributed by atoms with Gasteiger partial charge in [-0.1, -0.05) is 6.07 Å². The number of aryl methyl sites for hydroxylation is 1.